The van der Waals surface area contributed by atoms with Crippen molar-refractivity contribution in [2.24, 2.45) is 0 Å². The van der Waals surface area contributed by atoms with Gasteiger partial charge in [-0.25, -0.2) is 0 Å². The number of hydrogen-bond donors (Lipinski definition) is 1. The van der Waals surface area contributed by atoms with E-state index in [1.807, 2.05) is 26.0 Å². The first-order chi connectivity index (χ1) is 11.9. The first-order valence-corrected chi connectivity index (χ1v) is 10.4. The van der Waals surface area contributed by atoms with E-state index in [0.717, 1.165) is 25.6 Å². The Morgan fingerprint density at radius 3 is 2.56 bits per heavy atom. The summed E-state index contributed by atoms with van der Waals surface area (Å²) in [6, 6.07) is 8.17. The second-order valence-electron chi connectivity index (χ2n) is 5.84. The molecular formula is C18H19N3OS3. The normalized spacial score (nSPS) is 10.9. The molecule has 0 atom stereocenters. The Hall–Kier alpha value is -1.70. The molecule has 0 fully saturated rings. The molecule has 4 nitrogen and oxygen atoms in total. The molecule has 0 amide bonds. The Bertz CT molecular complexity index is 914. The molecule has 3 rings (SSSR count). The first-order valence-electron chi connectivity index (χ1n) is 7.83. The van der Waals surface area contributed by atoms with E-state index in [0.29, 0.717) is 5.75 Å². The Morgan fingerprint density at radius 1 is 1.08 bits per heavy atom. The van der Waals surface area contributed by atoms with E-state index in [9.17, 15) is 4.79 Å². The Kier molecular flexibility index (Phi) is 5.56. The minimum absolute atomic E-state index is 0.144. The molecule has 0 saturated heterocycles. The van der Waals surface area contributed by atoms with E-state index in [4.69, 9.17) is 0 Å². The number of ketones is 1. The van der Waals surface area contributed by atoms with Gasteiger partial charge in [-0.15, -0.1) is 21.5 Å². The summed E-state index contributed by atoms with van der Waals surface area (Å²) in [5.74, 6) is 0.528. The second kappa shape index (κ2) is 7.68. The van der Waals surface area contributed by atoms with Crippen LogP contribution in [0.25, 0.3) is 0 Å². The predicted octanol–water partition coefficient (Wildman–Crippen LogP) is 5.55. The molecule has 0 aliphatic heterocycles. The standard InChI is InChI=1S/C18H19N3OS3/c1-10-5-6-14(7-11(10)2)19-17-20-21-18(25-17)23-9-16(22)15-8-12(3)24-13(15)4/h5-8H,9H2,1-4H3,(H,19,20). The number of nitrogens with one attached hydrogen (secondary N) is 1. The van der Waals surface area contributed by atoms with Crippen molar-refractivity contribution < 1.29 is 4.79 Å². The van der Waals surface area contributed by atoms with Crippen LogP contribution >= 0.6 is 34.4 Å². The minimum Gasteiger partial charge on any atom is -0.330 e. The highest BCUT2D eigenvalue weighted by Gasteiger charge is 2.14. The highest BCUT2D eigenvalue weighted by Crippen LogP contribution is 2.29. The summed E-state index contributed by atoms with van der Waals surface area (Å²) in [5.41, 5.74) is 4.32. The van der Waals surface area contributed by atoms with E-state index >= 15 is 0 Å². The number of carbonyl (C=O) groups is 1. The number of Topliss-reactive ketones (excluding diaryl/α,β-unsaturated/α-hetero) is 1. The van der Waals surface area contributed by atoms with Crippen molar-refractivity contribution >= 4 is 51.0 Å². The summed E-state index contributed by atoms with van der Waals surface area (Å²) < 4.78 is 0.796. The second-order valence-corrected chi connectivity index (χ2v) is 9.50. The number of aromatic nitrogens is 2. The predicted molar refractivity (Wildman–Crippen MR) is 108 cm³/mol. The van der Waals surface area contributed by atoms with Gasteiger partial charge in [0.1, 0.15) is 0 Å². The Labute approximate surface area is 159 Å². The molecule has 25 heavy (non-hydrogen) atoms. The zero-order valence-corrected chi connectivity index (χ0v) is 17.0. The van der Waals surface area contributed by atoms with E-state index in [-0.39, 0.29) is 5.78 Å². The topological polar surface area (TPSA) is 54.9 Å². The average molecular weight is 390 g/mol. The van der Waals surface area contributed by atoms with Crippen LogP contribution in [0.3, 0.4) is 0 Å². The third-order valence-corrected chi connectivity index (χ3v) is 6.77. The van der Waals surface area contributed by atoms with Crippen LogP contribution in [0, 0.1) is 27.7 Å². The lowest BCUT2D eigenvalue weighted by atomic mass is 10.1. The fraction of sp³-hybridized carbons (Fsp3) is 0.278. The number of benzene rings is 1. The summed E-state index contributed by atoms with van der Waals surface area (Å²) in [5, 5.41) is 12.3. The van der Waals surface area contributed by atoms with E-state index in [1.54, 1.807) is 11.3 Å². The highest BCUT2D eigenvalue weighted by atomic mass is 32.2. The van der Waals surface area contributed by atoms with Gasteiger partial charge in [0.2, 0.25) is 5.13 Å². The van der Waals surface area contributed by atoms with Gasteiger partial charge in [0.15, 0.2) is 10.1 Å². The van der Waals surface area contributed by atoms with Crippen LogP contribution in [-0.2, 0) is 0 Å². The third kappa shape index (κ3) is 4.48. The van der Waals surface area contributed by atoms with Crippen LogP contribution in [0.1, 0.15) is 31.2 Å². The minimum atomic E-state index is 0.144. The van der Waals surface area contributed by atoms with Gasteiger partial charge in [-0.05, 0) is 57.0 Å². The Balaban J connectivity index is 1.60. The van der Waals surface area contributed by atoms with Crippen molar-refractivity contribution in [2.45, 2.75) is 32.0 Å². The third-order valence-electron chi connectivity index (χ3n) is 3.83. The molecule has 0 bridgehead atoms. The number of rotatable bonds is 6. The van der Waals surface area contributed by atoms with Crippen molar-refractivity contribution in [1.82, 2.24) is 10.2 Å². The summed E-state index contributed by atoms with van der Waals surface area (Å²) in [4.78, 5) is 14.6. The quantitative estimate of drug-likeness (QED) is 0.442. The molecule has 2 heterocycles. The van der Waals surface area contributed by atoms with Gasteiger partial charge in [0, 0.05) is 21.0 Å². The number of aryl methyl sites for hydroxylation is 4. The molecule has 0 aliphatic carbocycles. The monoisotopic (exact) mass is 389 g/mol. The van der Waals surface area contributed by atoms with Crippen LogP contribution in [0.2, 0.25) is 0 Å². The number of hydrogen-bond acceptors (Lipinski definition) is 7. The fourth-order valence-corrected chi connectivity index (χ4v) is 4.97. The summed E-state index contributed by atoms with van der Waals surface area (Å²) in [6.45, 7) is 8.19. The van der Waals surface area contributed by atoms with Crippen LogP contribution in [0.15, 0.2) is 28.6 Å². The van der Waals surface area contributed by atoms with Gasteiger partial charge >= 0.3 is 0 Å². The van der Waals surface area contributed by atoms with Gasteiger partial charge in [0.25, 0.3) is 0 Å². The largest absolute Gasteiger partial charge is 0.330 e. The molecule has 0 unspecified atom stereocenters. The molecular weight excluding hydrogens is 370 g/mol. The number of anilines is 2. The molecule has 1 aromatic carbocycles. The van der Waals surface area contributed by atoms with E-state index in [2.05, 4.69) is 41.5 Å². The van der Waals surface area contributed by atoms with Gasteiger partial charge in [0.05, 0.1) is 5.75 Å². The van der Waals surface area contributed by atoms with E-state index in [1.165, 1.54) is 39.1 Å². The summed E-state index contributed by atoms with van der Waals surface area (Å²) in [6.07, 6.45) is 0. The van der Waals surface area contributed by atoms with Crippen molar-refractivity contribution in [2.75, 3.05) is 11.1 Å². The van der Waals surface area contributed by atoms with Gasteiger partial charge in [-0.2, -0.15) is 0 Å². The summed E-state index contributed by atoms with van der Waals surface area (Å²) >= 11 is 4.56. The number of thiophene rings is 1. The number of carbonyl (C=O) groups excluding carboxylic acids is 1. The van der Waals surface area contributed by atoms with Gasteiger partial charge in [-0.3, -0.25) is 4.79 Å². The van der Waals surface area contributed by atoms with Gasteiger partial charge in [-0.1, -0.05) is 29.2 Å². The zero-order chi connectivity index (χ0) is 18.0. The average Bonchev–Trinajstić information content (AvgIpc) is 3.14. The maximum Gasteiger partial charge on any atom is 0.210 e. The van der Waals surface area contributed by atoms with Crippen molar-refractivity contribution in [3.63, 3.8) is 0 Å². The lowest BCUT2D eigenvalue weighted by Gasteiger charge is -2.05. The smallest absolute Gasteiger partial charge is 0.210 e. The molecule has 0 aliphatic rings. The Morgan fingerprint density at radius 2 is 1.88 bits per heavy atom. The fourth-order valence-electron chi connectivity index (χ4n) is 2.37. The number of thioether (sulfide) groups is 1. The highest BCUT2D eigenvalue weighted by molar-refractivity contribution is 8.01. The molecule has 0 saturated carbocycles. The first kappa shape index (κ1) is 18.1. The van der Waals surface area contributed by atoms with Crippen LogP contribution in [0.5, 0.6) is 0 Å². The molecule has 130 valence electrons. The van der Waals surface area contributed by atoms with Crippen molar-refractivity contribution in [3.05, 3.63) is 50.7 Å². The molecule has 0 radical (unpaired) electrons. The maximum atomic E-state index is 12.3. The van der Waals surface area contributed by atoms with Crippen LogP contribution < -0.4 is 5.32 Å². The van der Waals surface area contributed by atoms with Crippen LogP contribution in [-0.4, -0.2) is 21.7 Å². The molecule has 0 spiro atoms. The van der Waals surface area contributed by atoms with Gasteiger partial charge < -0.3 is 5.32 Å². The zero-order valence-electron chi connectivity index (χ0n) is 14.5. The van der Waals surface area contributed by atoms with Crippen molar-refractivity contribution in [3.8, 4) is 0 Å². The lowest BCUT2D eigenvalue weighted by Crippen LogP contribution is -2.02. The maximum absolute atomic E-state index is 12.3. The molecule has 1 N–H and O–H groups in total. The van der Waals surface area contributed by atoms with Crippen molar-refractivity contribution in [1.29, 1.82) is 0 Å². The molecule has 2 aromatic heterocycles. The van der Waals surface area contributed by atoms with Crippen LogP contribution in [0.4, 0.5) is 10.8 Å². The molecule has 3 aromatic rings. The molecule has 7 heteroatoms. The SMILES string of the molecule is Cc1cc(C(=O)CSc2nnc(Nc3ccc(C)c(C)c3)s2)c(C)s1. The lowest BCUT2D eigenvalue weighted by molar-refractivity contribution is 0.102. The van der Waals surface area contributed by atoms with E-state index < -0.39 is 0 Å². The summed E-state index contributed by atoms with van der Waals surface area (Å²) in [7, 11) is 0. The number of nitrogens with zero attached hydrogens (tertiary/aromatic N) is 2.